The van der Waals surface area contributed by atoms with Gasteiger partial charge in [-0.2, -0.15) is 0 Å². The second-order valence-electron chi connectivity index (χ2n) is 4.53. The summed E-state index contributed by atoms with van der Waals surface area (Å²) < 4.78 is 27.5. The Morgan fingerprint density at radius 1 is 1.44 bits per heavy atom. The van der Waals surface area contributed by atoms with Crippen molar-refractivity contribution in [1.29, 1.82) is 0 Å². The first-order valence-electron chi connectivity index (χ1n) is 5.33. The maximum absolute atomic E-state index is 13.7. The number of rotatable bonds is 2. The highest BCUT2D eigenvalue weighted by atomic mass is 19.1. The van der Waals surface area contributed by atoms with Gasteiger partial charge in [0.15, 0.2) is 0 Å². The van der Waals surface area contributed by atoms with Crippen LogP contribution in [0.2, 0.25) is 0 Å². The van der Waals surface area contributed by atoms with E-state index in [2.05, 4.69) is 5.32 Å². The molecule has 1 saturated heterocycles. The van der Waals surface area contributed by atoms with Crippen molar-refractivity contribution in [3.63, 3.8) is 0 Å². The van der Waals surface area contributed by atoms with Crippen molar-refractivity contribution < 1.29 is 23.5 Å². The number of carboxylic acids is 1. The largest absolute Gasteiger partial charge is 0.480 e. The maximum Gasteiger partial charge on any atom is 0.327 e. The summed E-state index contributed by atoms with van der Waals surface area (Å²) in [6, 6.07) is 1.95. The van der Waals surface area contributed by atoms with Crippen molar-refractivity contribution >= 4 is 11.9 Å². The van der Waals surface area contributed by atoms with E-state index in [1.165, 1.54) is 13.0 Å². The molecule has 0 aliphatic carbocycles. The van der Waals surface area contributed by atoms with Crippen LogP contribution in [0, 0.1) is 11.6 Å². The molecule has 1 amide bonds. The molecule has 0 radical (unpaired) electrons. The molecule has 2 atom stereocenters. The highest BCUT2D eigenvalue weighted by Crippen LogP contribution is 2.38. The monoisotopic (exact) mass is 255 g/mol. The summed E-state index contributed by atoms with van der Waals surface area (Å²) in [6.45, 7) is 1.37. The number of hydrogen-bond donors (Lipinski definition) is 2. The van der Waals surface area contributed by atoms with E-state index in [-0.39, 0.29) is 12.0 Å². The number of carbonyl (C=O) groups excluding carboxylic acids is 1. The molecule has 0 bridgehead atoms. The van der Waals surface area contributed by atoms with Gasteiger partial charge in [-0.25, -0.2) is 13.6 Å². The first-order valence-corrected chi connectivity index (χ1v) is 5.33. The van der Waals surface area contributed by atoms with Gasteiger partial charge in [-0.1, -0.05) is 13.0 Å². The lowest BCUT2D eigenvalue weighted by Crippen LogP contribution is -2.45. The molecule has 0 spiro atoms. The molecular formula is C12H11F2NO3. The smallest absolute Gasteiger partial charge is 0.327 e. The van der Waals surface area contributed by atoms with E-state index in [1.807, 2.05) is 0 Å². The summed E-state index contributed by atoms with van der Waals surface area (Å²) in [5.74, 6) is -3.54. The Kier molecular flexibility index (Phi) is 2.80. The predicted octanol–water partition coefficient (Wildman–Crippen LogP) is 1.20. The summed E-state index contributed by atoms with van der Waals surface area (Å²) in [5.41, 5.74) is -1.80. The number of hydrogen-bond acceptors (Lipinski definition) is 2. The minimum atomic E-state index is -1.43. The maximum atomic E-state index is 13.7. The highest BCUT2D eigenvalue weighted by Gasteiger charge is 2.51. The Hall–Kier alpha value is -1.98. The van der Waals surface area contributed by atoms with Gasteiger partial charge in [0.2, 0.25) is 5.91 Å². The topological polar surface area (TPSA) is 66.4 Å². The number of benzene rings is 1. The molecule has 1 aromatic rings. The number of carbonyl (C=O) groups is 2. The lowest BCUT2D eigenvalue weighted by molar-refractivity contribution is -0.141. The fourth-order valence-electron chi connectivity index (χ4n) is 2.42. The molecule has 2 unspecified atom stereocenters. The van der Waals surface area contributed by atoms with E-state index in [1.54, 1.807) is 0 Å². The molecule has 0 aromatic heterocycles. The van der Waals surface area contributed by atoms with E-state index < -0.39 is 35.0 Å². The quantitative estimate of drug-likeness (QED) is 0.834. The SMILES string of the molecule is CC1(c2c(F)cccc2F)CC(=O)NC1C(=O)O. The molecule has 1 aromatic carbocycles. The minimum absolute atomic E-state index is 0.262. The molecule has 18 heavy (non-hydrogen) atoms. The Morgan fingerprint density at radius 2 is 2.00 bits per heavy atom. The van der Waals surface area contributed by atoms with Crippen molar-refractivity contribution in [1.82, 2.24) is 5.32 Å². The van der Waals surface area contributed by atoms with Gasteiger partial charge in [0.25, 0.3) is 0 Å². The van der Waals surface area contributed by atoms with Gasteiger partial charge in [-0.3, -0.25) is 4.79 Å². The van der Waals surface area contributed by atoms with Gasteiger partial charge in [0.05, 0.1) is 0 Å². The predicted molar refractivity (Wildman–Crippen MR) is 57.9 cm³/mol. The number of nitrogens with one attached hydrogen (secondary N) is 1. The molecule has 1 aliphatic rings. The summed E-state index contributed by atoms with van der Waals surface area (Å²) in [7, 11) is 0. The summed E-state index contributed by atoms with van der Waals surface area (Å²) in [4.78, 5) is 22.4. The number of amides is 1. The lowest BCUT2D eigenvalue weighted by Gasteiger charge is -2.28. The van der Waals surface area contributed by atoms with Gasteiger partial charge < -0.3 is 10.4 Å². The van der Waals surface area contributed by atoms with E-state index >= 15 is 0 Å². The van der Waals surface area contributed by atoms with Crippen LogP contribution in [-0.4, -0.2) is 23.0 Å². The van der Waals surface area contributed by atoms with Crippen LogP contribution in [0.15, 0.2) is 18.2 Å². The van der Waals surface area contributed by atoms with Gasteiger partial charge in [-0.15, -0.1) is 0 Å². The standard InChI is InChI=1S/C12H11F2NO3/c1-12(5-8(16)15-10(12)11(17)18)9-6(13)3-2-4-7(9)14/h2-4,10H,5H2,1H3,(H,15,16)(H,17,18). The van der Waals surface area contributed by atoms with Crippen LogP contribution in [0.1, 0.15) is 18.9 Å². The third kappa shape index (κ3) is 1.73. The molecule has 1 fully saturated rings. The number of aliphatic carboxylic acids is 1. The van der Waals surface area contributed by atoms with E-state index in [0.29, 0.717) is 0 Å². The molecule has 6 heteroatoms. The van der Waals surface area contributed by atoms with Gasteiger partial charge in [0.1, 0.15) is 17.7 Å². The number of carboxylic acid groups (broad SMARTS) is 1. The van der Waals surface area contributed by atoms with Crippen molar-refractivity contribution in [2.24, 2.45) is 0 Å². The molecular weight excluding hydrogens is 244 g/mol. The summed E-state index contributed by atoms with van der Waals surface area (Å²) >= 11 is 0. The first-order chi connectivity index (χ1) is 8.36. The molecule has 1 heterocycles. The second-order valence-corrected chi connectivity index (χ2v) is 4.53. The molecule has 1 aliphatic heterocycles. The zero-order valence-corrected chi connectivity index (χ0v) is 9.54. The fraction of sp³-hybridized carbons (Fsp3) is 0.333. The third-order valence-electron chi connectivity index (χ3n) is 3.25. The van der Waals surface area contributed by atoms with Crippen LogP contribution in [0.5, 0.6) is 0 Å². The van der Waals surface area contributed by atoms with Gasteiger partial charge in [0, 0.05) is 17.4 Å². The number of halogens is 2. The van der Waals surface area contributed by atoms with Gasteiger partial charge in [-0.05, 0) is 12.1 Å². The van der Waals surface area contributed by atoms with Crippen LogP contribution in [0.4, 0.5) is 8.78 Å². The van der Waals surface area contributed by atoms with E-state index in [9.17, 15) is 18.4 Å². The highest BCUT2D eigenvalue weighted by molar-refractivity contribution is 5.90. The van der Waals surface area contributed by atoms with Crippen LogP contribution in [0.25, 0.3) is 0 Å². The molecule has 0 saturated carbocycles. The Balaban J connectivity index is 2.59. The Bertz CT molecular complexity index is 512. The molecule has 4 nitrogen and oxygen atoms in total. The zero-order chi connectivity index (χ0) is 13.5. The Morgan fingerprint density at radius 3 is 2.50 bits per heavy atom. The van der Waals surface area contributed by atoms with Crippen molar-refractivity contribution in [3.05, 3.63) is 35.4 Å². The van der Waals surface area contributed by atoms with Crippen LogP contribution in [-0.2, 0) is 15.0 Å². The average molecular weight is 255 g/mol. The second kappa shape index (κ2) is 4.04. The fourth-order valence-corrected chi connectivity index (χ4v) is 2.42. The van der Waals surface area contributed by atoms with E-state index in [0.717, 1.165) is 12.1 Å². The molecule has 96 valence electrons. The van der Waals surface area contributed by atoms with Crippen molar-refractivity contribution in [2.75, 3.05) is 0 Å². The molecule has 2 N–H and O–H groups in total. The van der Waals surface area contributed by atoms with Gasteiger partial charge >= 0.3 is 5.97 Å². The third-order valence-corrected chi connectivity index (χ3v) is 3.25. The van der Waals surface area contributed by atoms with E-state index in [4.69, 9.17) is 5.11 Å². The van der Waals surface area contributed by atoms with Crippen LogP contribution < -0.4 is 5.32 Å². The average Bonchev–Trinajstić information content (AvgIpc) is 2.54. The zero-order valence-electron chi connectivity index (χ0n) is 9.54. The van der Waals surface area contributed by atoms with Crippen molar-refractivity contribution in [2.45, 2.75) is 24.8 Å². The summed E-state index contributed by atoms with van der Waals surface area (Å²) in [5, 5.41) is 11.3. The van der Waals surface area contributed by atoms with Crippen LogP contribution in [0.3, 0.4) is 0 Å². The lowest BCUT2D eigenvalue weighted by atomic mass is 9.75. The van der Waals surface area contributed by atoms with Crippen LogP contribution >= 0.6 is 0 Å². The normalized spacial score (nSPS) is 27.1. The summed E-state index contributed by atoms with van der Waals surface area (Å²) in [6.07, 6.45) is -0.262. The Labute approximate surface area is 102 Å². The van der Waals surface area contributed by atoms with Crippen molar-refractivity contribution in [3.8, 4) is 0 Å². The first kappa shape index (κ1) is 12.5. The minimum Gasteiger partial charge on any atom is -0.480 e. The molecule has 2 rings (SSSR count).